The first kappa shape index (κ1) is 9.86. The van der Waals surface area contributed by atoms with Gasteiger partial charge in [-0.1, -0.05) is 0 Å². The van der Waals surface area contributed by atoms with E-state index in [2.05, 4.69) is 20.7 Å². The van der Waals surface area contributed by atoms with Crippen LogP contribution in [-0.4, -0.2) is 11.9 Å². The fourth-order valence-corrected chi connectivity index (χ4v) is 3.27. The van der Waals surface area contributed by atoms with Gasteiger partial charge in [0.05, 0.1) is 12.8 Å². The van der Waals surface area contributed by atoms with E-state index >= 15 is 0 Å². The van der Waals surface area contributed by atoms with Crippen molar-refractivity contribution in [3.8, 4) is 0 Å². The number of hydrogen-bond donors (Lipinski definition) is 0. The summed E-state index contributed by atoms with van der Waals surface area (Å²) in [6.45, 7) is 0. The summed E-state index contributed by atoms with van der Waals surface area (Å²) in [6, 6.07) is 1.92. The highest BCUT2D eigenvalue weighted by Gasteiger charge is 2.29. The minimum atomic E-state index is -0.424. The van der Waals surface area contributed by atoms with E-state index in [1.165, 1.54) is 0 Å². The second kappa shape index (κ2) is 3.82. The smallest absolute Gasteiger partial charge is 0.314 e. The number of halogens is 1. The summed E-state index contributed by atoms with van der Waals surface area (Å²) >= 11 is 4.94. The Morgan fingerprint density at radius 2 is 2.00 bits per heavy atom. The zero-order chi connectivity index (χ0) is 10.1. The summed E-state index contributed by atoms with van der Waals surface area (Å²) in [7, 11) is 0. The largest absolute Gasteiger partial charge is 0.393 e. The highest BCUT2D eigenvalue weighted by Crippen LogP contribution is 2.36. The molecule has 0 unspecified atom stereocenters. The van der Waals surface area contributed by atoms with Gasteiger partial charge in [-0.15, -0.1) is 11.3 Å². The lowest BCUT2D eigenvalue weighted by molar-refractivity contribution is -0.163. The normalized spacial score (nSPS) is 18.4. The summed E-state index contributed by atoms with van der Waals surface area (Å²) < 4.78 is 5.43. The predicted molar refractivity (Wildman–Crippen MR) is 55.1 cm³/mol. The average molecular weight is 275 g/mol. The SMILES string of the molecule is O=C1CC(c2sccc2Br)CC(=O)O1. The average Bonchev–Trinajstić information content (AvgIpc) is 2.49. The Labute approximate surface area is 93.2 Å². The number of carbonyl (C=O) groups is 2. The fraction of sp³-hybridized carbons (Fsp3) is 0.333. The Bertz CT molecular complexity index is 369. The number of ether oxygens (including phenoxy) is 1. The Morgan fingerprint density at radius 1 is 1.36 bits per heavy atom. The monoisotopic (exact) mass is 274 g/mol. The molecule has 1 fully saturated rings. The van der Waals surface area contributed by atoms with E-state index in [1.807, 2.05) is 11.4 Å². The number of carbonyl (C=O) groups excluding carboxylic acids is 2. The van der Waals surface area contributed by atoms with E-state index in [1.54, 1.807) is 11.3 Å². The molecule has 0 amide bonds. The van der Waals surface area contributed by atoms with E-state index < -0.39 is 11.9 Å². The molecule has 1 aromatic rings. The number of esters is 2. The molecule has 0 saturated carbocycles. The van der Waals surface area contributed by atoms with Gasteiger partial charge < -0.3 is 4.74 Å². The number of hydrogen-bond acceptors (Lipinski definition) is 4. The molecule has 1 aliphatic heterocycles. The van der Waals surface area contributed by atoms with Gasteiger partial charge in [-0.25, -0.2) is 0 Å². The van der Waals surface area contributed by atoms with Gasteiger partial charge in [0.25, 0.3) is 0 Å². The lowest BCUT2D eigenvalue weighted by atomic mass is 9.98. The minimum absolute atomic E-state index is 0.0156. The van der Waals surface area contributed by atoms with Crippen LogP contribution in [0.1, 0.15) is 23.6 Å². The van der Waals surface area contributed by atoms with Gasteiger partial charge in [-0.05, 0) is 27.4 Å². The molecular weight excluding hydrogens is 268 g/mol. The molecule has 0 bridgehead atoms. The van der Waals surface area contributed by atoms with Crippen LogP contribution in [0, 0.1) is 0 Å². The molecular formula is C9H7BrO3S. The molecule has 0 N–H and O–H groups in total. The molecule has 0 radical (unpaired) electrons. The van der Waals surface area contributed by atoms with Gasteiger partial charge in [0.2, 0.25) is 0 Å². The van der Waals surface area contributed by atoms with E-state index in [9.17, 15) is 9.59 Å². The summed E-state index contributed by atoms with van der Waals surface area (Å²) in [5.41, 5.74) is 0. The maximum atomic E-state index is 11.0. The molecule has 2 rings (SSSR count). The molecule has 1 saturated heterocycles. The van der Waals surface area contributed by atoms with Gasteiger partial charge in [0.1, 0.15) is 0 Å². The Balaban J connectivity index is 2.23. The lowest BCUT2D eigenvalue weighted by Crippen LogP contribution is -2.23. The van der Waals surface area contributed by atoms with Crippen molar-refractivity contribution in [3.05, 3.63) is 20.8 Å². The van der Waals surface area contributed by atoms with Crippen LogP contribution in [0.4, 0.5) is 0 Å². The molecule has 0 atom stereocenters. The first-order chi connectivity index (χ1) is 6.66. The van der Waals surface area contributed by atoms with E-state index in [0.29, 0.717) is 12.8 Å². The van der Waals surface area contributed by atoms with Crippen LogP contribution in [0.25, 0.3) is 0 Å². The standard InChI is InChI=1S/C9H7BrO3S/c10-6-1-2-14-9(6)5-3-7(11)13-8(12)4-5/h1-2,5H,3-4H2. The molecule has 3 nitrogen and oxygen atoms in total. The second-order valence-corrected chi connectivity index (χ2v) is 4.89. The molecule has 2 heterocycles. The van der Waals surface area contributed by atoms with Crippen LogP contribution in [0.3, 0.4) is 0 Å². The highest BCUT2D eigenvalue weighted by molar-refractivity contribution is 9.10. The minimum Gasteiger partial charge on any atom is -0.393 e. The van der Waals surface area contributed by atoms with E-state index in [-0.39, 0.29) is 5.92 Å². The fourth-order valence-electron chi connectivity index (χ4n) is 1.47. The van der Waals surface area contributed by atoms with Crippen LogP contribution in [0.2, 0.25) is 0 Å². The number of rotatable bonds is 1. The zero-order valence-electron chi connectivity index (χ0n) is 7.16. The predicted octanol–water partition coefficient (Wildman–Crippen LogP) is 2.46. The van der Waals surface area contributed by atoms with Crippen LogP contribution in [0.5, 0.6) is 0 Å². The second-order valence-electron chi connectivity index (χ2n) is 3.08. The molecule has 14 heavy (non-hydrogen) atoms. The summed E-state index contributed by atoms with van der Waals surface area (Å²) in [4.78, 5) is 23.1. The van der Waals surface area contributed by atoms with Gasteiger partial charge in [-0.3, -0.25) is 9.59 Å². The van der Waals surface area contributed by atoms with Crippen molar-refractivity contribution in [1.82, 2.24) is 0 Å². The maximum absolute atomic E-state index is 11.0. The molecule has 0 aliphatic carbocycles. The van der Waals surface area contributed by atoms with Crippen molar-refractivity contribution in [2.45, 2.75) is 18.8 Å². The molecule has 0 aromatic carbocycles. The number of cyclic esters (lactones) is 2. The topological polar surface area (TPSA) is 43.4 Å². The third-order valence-corrected chi connectivity index (χ3v) is 4.10. The first-order valence-electron chi connectivity index (χ1n) is 4.13. The third kappa shape index (κ3) is 1.88. The molecule has 74 valence electrons. The van der Waals surface area contributed by atoms with Gasteiger partial charge >= 0.3 is 11.9 Å². The summed E-state index contributed by atoms with van der Waals surface area (Å²) in [5, 5.41) is 1.93. The van der Waals surface area contributed by atoms with Crippen LogP contribution >= 0.6 is 27.3 Å². The van der Waals surface area contributed by atoms with Gasteiger partial charge in [-0.2, -0.15) is 0 Å². The number of thiophene rings is 1. The van der Waals surface area contributed by atoms with Crippen molar-refractivity contribution in [3.63, 3.8) is 0 Å². The van der Waals surface area contributed by atoms with Crippen molar-refractivity contribution >= 4 is 39.2 Å². The summed E-state index contributed by atoms with van der Waals surface area (Å²) in [5.74, 6) is -0.865. The lowest BCUT2D eigenvalue weighted by Gasteiger charge is -2.18. The third-order valence-electron chi connectivity index (χ3n) is 2.07. The first-order valence-corrected chi connectivity index (χ1v) is 5.80. The van der Waals surface area contributed by atoms with E-state index in [4.69, 9.17) is 0 Å². The Kier molecular flexibility index (Phi) is 2.69. The van der Waals surface area contributed by atoms with Gasteiger partial charge in [0.15, 0.2) is 0 Å². The molecule has 0 spiro atoms. The van der Waals surface area contributed by atoms with Crippen LogP contribution in [0.15, 0.2) is 15.9 Å². The molecule has 1 aliphatic rings. The van der Waals surface area contributed by atoms with Crippen molar-refractivity contribution < 1.29 is 14.3 Å². The summed E-state index contributed by atoms with van der Waals surface area (Å²) in [6.07, 6.45) is 0.593. The Morgan fingerprint density at radius 3 is 2.50 bits per heavy atom. The van der Waals surface area contributed by atoms with Crippen LogP contribution in [-0.2, 0) is 14.3 Å². The van der Waals surface area contributed by atoms with Crippen molar-refractivity contribution in [1.29, 1.82) is 0 Å². The van der Waals surface area contributed by atoms with Crippen molar-refractivity contribution in [2.75, 3.05) is 0 Å². The maximum Gasteiger partial charge on any atom is 0.314 e. The van der Waals surface area contributed by atoms with Crippen molar-refractivity contribution in [2.24, 2.45) is 0 Å². The highest BCUT2D eigenvalue weighted by atomic mass is 79.9. The quantitative estimate of drug-likeness (QED) is 0.584. The van der Waals surface area contributed by atoms with Crippen LogP contribution < -0.4 is 0 Å². The molecule has 5 heteroatoms. The van der Waals surface area contributed by atoms with E-state index in [0.717, 1.165) is 9.35 Å². The van der Waals surface area contributed by atoms with Gasteiger partial charge in [0, 0.05) is 15.3 Å². The molecule has 1 aromatic heterocycles. The Hall–Kier alpha value is -0.680. The zero-order valence-corrected chi connectivity index (χ0v) is 9.56.